The van der Waals surface area contributed by atoms with E-state index in [0.717, 1.165) is 22.6 Å². The number of aromatic nitrogens is 1. The van der Waals surface area contributed by atoms with Gasteiger partial charge in [0.15, 0.2) is 5.82 Å². The lowest BCUT2D eigenvalue weighted by atomic mass is 10.1. The van der Waals surface area contributed by atoms with Crippen molar-refractivity contribution in [3.8, 4) is 0 Å². The highest BCUT2D eigenvalue weighted by molar-refractivity contribution is 5.99. The van der Waals surface area contributed by atoms with Crippen LogP contribution in [0.4, 0.5) is 22.9 Å². The van der Waals surface area contributed by atoms with E-state index in [0.29, 0.717) is 17.9 Å². The van der Waals surface area contributed by atoms with Crippen LogP contribution in [-0.4, -0.2) is 10.9 Å². The second-order valence-corrected chi connectivity index (χ2v) is 4.61. The van der Waals surface area contributed by atoms with Crippen molar-refractivity contribution in [2.45, 2.75) is 13.3 Å². The van der Waals surface area contributed by atoms with Crippen LogP contribution in [0.15, 0.2) is 30.3 Å². The third-order valence-electron chi connectivity index (χ3n) is 3.06. The zero-order valence-corrected chi connectivity index (χ0v) is 10.5. The summed E-state index contributed by atoms with van der Waals surface area (Å²) in [5.74, 6) is 0.664. The predicted octanol–water partition coefficient (Wildman–Crippen LogP) is 2.21. The van der Waals surface area contributed by atoms with Gasteiger partial charge in [0.2, 0.25) is 5.91 Å². The summed E-state index contributed by atoms with van der Waals surface area (Å²) < 4.78 is 0. The number of pyridine rings is 1. The molecule has 0 saturated heterocycles. The second kappa shape index (κ2) is 4.28. The normalized spacial score (nSPS) is 13.0. The van der Waals surface area contributed by atoms with E-state index >= 15 is 0 Å². The van der Waals surface area contributed by atoms with Gasteiger partial charge >= 0.3 is 0 Å². The van der Waals surface area contributed by atoms with Crippen molar-refractivity contribution >= 4 is 28.8 Å². The Balaban J connectivity index is 1.90. The minimum Gasteiger partial charge on any atom is -0.396 e. The lowest BCUT2D eigenvalue weighted by molar-refractivity contribution is -0.115. The van der Waals surface area contributed by atoms with Crippen molar-refractivity contribution in [3.05, 3.63) is 41.6 Å². The Morgan fingerprint density at radius 1 is 1.32 bits per heavy atom. The molecule has 0 unspecified atom stereocenters. The minimum atomic E-state index is 0.0281. The van der Waals surface area contributed by atoms with E-state index in [2.05, 4.69) is 15.6 Å². The Morgan fingerprint density at radius 2 is 2.16 bits per heavy atom. The molecule has 5 nitrogen and oxygen atoms in total. The lowest BCUT2D eigenvalue weighted by Gasteiger charge is -2.10. The van der Waals surface area contributed by atoms with Gasteiger partial charge in [-0.1, -0.05) is 0 Å². The zero-order valence-electron chi connectivity index (χ0n) is 10.5. The number of carbonyl (C=O) groups is 1. The van der Waals surface area contributed by atoms with Gasteiger partial charge in [0, 0.05) is 17.1 Å². The van der Waals surface area contributed by atoms with Crippen LogP contribution in [0, 0.1) is 6.92 Å². The summed E-state index contributed by atoms with van der Waals surface area (Å²) in [6.45, 7) is 1.91. The summed E-state index contributed by atoms with van der Waals surface area (Å²) in [7, 11) is 0. The van der Waals surface area contributed by atoms with Crippen molar-refractivity contribution in [3.63, 3.8) is 0 Å². The number of aryl methyl sites for hydroxylation is 1. The second-order valence-electron chi connectivity index (χ2n) is 4.61. The number of nitrogens with two attached hydrogens (primary N) is 1. The van der Waals surface area contributed by atoms with Crippen LogP contribution in [0.1, 0.15) is 11.3 Å². The van der Waals surface area contributed by atoms with Crippen molar-refractivity contribution in [1.29, 1.82) is 0 Å². The van der Waals surface area contributed by atoms with Crippen LogP contribution in [-0.2, 0) is 11.2 Å². The molecule has 3 rings (SSSR count). The van der Waals surface area contributed by atoms with Gasteiger partial charge < -0.3 is 16.4 Å². The van der Waals surface area contributed by atoms with Crippen LogP contribution < -0.4 is 16.4 Å². The van der Waals surface area contributed by atoms with Gasteiger partial charge in [-0.25, -0.2) is 4.98 Å². The van der Waals surface area contributed by atoms with Crippen LogP contribution in [0.5, 0.6) is 0 Å². The highest BCUT2D eigenvalue weighted by atomic mass is 16.1. The molecule has 1 aliphatic rings. The number of benzene rings is 1. The van der Waals surface area contributed by atoms with Crippen molar-refractivity contribution < 1.29 is 4.79 Å². The summed E-state index contributed by atoms with van der Waals surface area (Å²) in [6, 6.07) is 9.41. The fourth-order valence-corrected chi connectivity index (χ4v) is 2.11. The number of hydrogen-bond acceptors (Lipinski definition) is 4. The molecule has 0 bridgehead atoms. The summed E-state index contributed by atoms with van der Waals surface area (Å²) in [6.07, 6.45) is 0.418. The lowest BCUT2D eigenvalue weighted by Crippen LogP contribution is -2.03. The first kappa shape index (κ1) is 11.5. The van der Waals surface area contributed by atoms with Crippen LogP contribution in [0.3, 0.4) is 0 Å². The van der Waals surface area contributed by atoms with Crippen molar-refractivity contribution in [2.24, 2.45) is 0 Å². The molecule has 19 heavy (non-hydrogen) atoms. The topological polar surface area (TPSA) is 80.0 Å². The molecular weight excluding hydrogens is 240 g/mol. The molecule has 5 heteroatoms. The average Bonchev–Trinajstić information content (AvgIpc) is 2.73. The summed E-state index contributed by atoms with van der Waals surface area (Å²) in [5.41, 5.74) is 10.1. The number of nitrogens with one attached hydrogen (secondary N) is 2. The van der Waals surface area contributed by atoms with E-state index in [4.69, 9.17) is 5.73 Å². The van der Waals surface area contributed by atoms with Gasteiger partial charge in [-0.3, -0.25) is 4.79 Å². The summed E-state index contributed by atoms with van der Waals surface area (Å²) in [4.78, 5) is 15.7. The van der Waals surface area contributed by atoms with Gasteiger partial charge in [-0.15, -0.1) is 0 Å². The summed E-state index contributed by atoms with van der Waals surface area (Å²) in [5, 5.41) is 5.98. The molecule has 0 fully saturated rings. The molecule has 0 saturated carbocycles. The van der Waals surface area contributed by atoms with Crippen molar-refractivity contribution in [2.75, 3.05) is 16.4 Å². The molecule has 96 valence electrons. The van der Waals surface area contributed by atoms with E-state index in [1.165, 1.54) is 0 Å². The fraction of sp³-hybridized carbons (Fsp3) is 0.143. The molecule has 0 atom stereocenters. The highest BCUT2D eigenvalue weighted by Gasteiger charge is 2.17. The molecule has 0 radical (unpaired) electrons. The molecule has 0 spiro atoms. The molecule has 0 aliphatic carbocycles. The van der Waals surface area contributed by atoms with Gasteiger partial charge in [0.25, 0.3) is 0 Å². The van der Waals surface area contributed by atoms with E-state index < -0.39 is 0 Å². The molecular formula is C14H14N4O. The van der Waals surface area contributed by atoms with Gasteiger partial charge in [0.05, 0.1) is 12.1 Å². The predicted molar refractivity (Wildman–Crippen MR) is 75.4 cm³/mol. The Kier molecular flexibility index (Phi) is 2.59. The third kappa shape index (κ3) is 2.22. The summed E-state index contributed by atoms with van der Waals surface area (Å²) >= 11 is 0. The van der Waals surface area contributed by atoms with E-state index in [1.807, 2.05) is 37.3 Å². The maximum Gasteiger partial charge on any atom is 0.228 e. The Hall–Kier alpha value is -2.56. The zero-order chi connectivity index (χ0) is 13.4. The van der Waals surface area contributed by atoms with E-state index in [9.17, 15) is 4.79 Å². The molecule has 1 amide bonds. The monoisotopic (exact) mass is 254 g/mol. The Bertz CT molecular complexity index is 666. The van der Waals surface area contributed by atoms with E-state index in [1.54, 1.807) is 0 Å². The number of hydrogen-bond donors (Lipinski definition) is 3. The SMILES string of the molecule is Cc1ccc(N)c(Nc2ccc3c(c2)CC(=O)N3)n1. The number of carbonyl (C=O) groups excluding carboxylic acids is 1. The number of nitrogen functional groups attached to an aromatic ring is 1. The van der Waals surface area contributed by atoms with Crippen LogP contribution in [0.2, 0.25) is 0 Å². The maximum atomic E-state index is 11.3. The molecule has 4 N–H and O–H groups in total. The number of amides is 1. The van der Waals surface area contributed by atoms with E-state index in [-0.39, 0.29) is 5.91 Å². The molecule has 1 aromatic carbocycles. The largest absolute Gasteiger partial charge is 0.396 e. The van der Waals surface area contributed by atoms with Crippen LogP contribution in [0.25, 0.3) is 0 Å². The maximum absolute atomic E-state index is 11.3. The van der Waals surface area contributed by atoms with Crippen LogP contribution >= 0.6 is 0 Å². The number of anilines is 4. The standard InChI is InChI=1S/C14H14N4O/c1-8-2-4-11(15)14(16-8)17-10-3-5-12-9(6-10)7-13(19)18-12/h2-6H,7,15H2,1H3,(H,16,17)(H,18,19). The molecule has 1 aromatic heterocycles. The molecule has 2 aromatic rings. The Morgan fingerprint density at radius 3 is 3.00 bits per heavy atom. The first-order chi connectivity index (χ1) is 9.11. The van der Waals surface area contributed by atoms with Crippen molar-refractivity contribution in [1.82, 2.24) is 4.98 Å². The van der Waals surface area contributed by atoms with Gasteiger partial charge in [-0.05, 0) is 42.8 Å². The van der Waals surface area contributed by atoms with Gasteiger partial charge in [0.1, 0.15) is 0 Å². The number of fused-ring (bicyclic) bond motifs is 1. The third-order valence-corrected chi connectivity index (χ3v) is 3.06. The minimum absolute atomic E-state index is 0.0281. The Labute approximate surface area is 110 Å². The first-order valence-electron chi connectivity index (χ1n) is 6.05. The quantitative estimate of drug-likeness (QED) is 0.767. The molecule has 2 heterocycles. The first-order valence-corrected chi connectivity index (χ1v) is 6.05. The van der Waals surface area contributed by atoms with Gasteiger partial charge in [-0.2, -0.15) is 0 Å². The smallest absolute Gasteiger partial charge is 0.228 e. The highest BCUT2D eigenvalue weighted by Crippen LogP contribution is 2.28. The number of rotatable bonds is 2. The molecule has 1 aliphatic heterocycles. The average molecular weight is 254 g/mol. The fourth-order valence-electron chi connectivity index (χ4n) is 2.11. The number of nitrogens with zero attached hydrogens (tertiary/aromatic N) is 1.